The summed E-state index contributed by atoms with van der Waals surface area (Å²) in [7, 11) is 0. The highest BCUT2D eigenvalue weighted by molar-refractivity contribution is 5.92. The Kier molecular flexibility index (Phi) is 4.65. The minimum absolute atomic E-state index is 0.182. The van der Waals surface area contributed by atoms with Crippen molar-refractivity contribution in [2.75, 3.05) is 13.1 Å². The van der Waals surface area contributed by atoms with Gasteiger partial charge >= 0.3 is 0 Å². The van der Waals surface area contributed by atoms with Gasteiger partial charge in [0.1, 0.15) is 17.5 Å². The van der Waals surface area contributed by atoms with Crippen LogP contribution in [0.5, 0.6) is 5.75 Å². The van der Waals surface area contributed by atoms with Gasteiger partial charge in [0.15, 0.2) is 0 Å². The molecule has 2 aromatic rings. The Morgan fingerprint density at radius 1 is 1.27 bits per heavy atom. The largest absolute Gasteiger partial charge is 0.489 e. The van der Waals surface area contributed by atoms with Crippen molar-refractivity contribution < 1.29 is 9.53 Å². The Hall–Kier alpha value is -2.40. The molecule has 5 heteroatoms. The standard InChI is InChI=1S/C17H19N3O2/c21-17(15-6-3-4-9-19-15)20-11-13-5-1-2-7-16(13)22-14-8-10-18-12-14/h1-7,9,14,18H,8,10-12H2,(H,20,21). The van der Waals surface area contributed by atoms with E-state index in [9.17, 15) is 4.79 Å². The second-order valence-corrected chi connectivity index (χ2v) is 5.24. The van der Waals surface area contributed by atoms with E-state index in [1.165, 1.54) is 0 Å². The van der Waals surface area contributed by atoms with Crippen molar-refractivity contribution in [1.82, 2.24) is 15.6 Å². The lowest BCUT2D eigenvalue weighted by Gasteiger charge is -2.16. The first-order valence-corrected chi connectivity index (χ1v) is 7.47. The molecule has 1 saturated heterocycles. The van der Waals surface area contributed by atoms with Crippen LogP contribution in [0, 0.1) is 0 Å². The molecule has 1 aromatic heterocycles. The number of aromatic nitrogens is 1. The highest BCUT2D eigenvalue weighted by atomic mass is 16.5. The third-order valence-corrected chi connectivity index (χ3v) is 3.62. The van der Waals surface area contributed by atoms with Gasteiger partial charge in [-0.05, 0) is 31.2 Å². The number of ether oxygens (including phenoxy) is 1. The fourth-order valence-electron chi connectivity index (χ4n) is 2.44. The lowest BCUT2D eigenvalue weighted by atomic mass is 10.2. The summed E-state index contributed by atoms with van der Waals surface area (Å²) < 4.78 is 6.02. The minimum atomic E-state index is -0.182. The summed E-state index contributed by atoms with van der Waals surface area (Å²) in [6.45, 7) is 2.28. The van der Waals surface area contributed by atoms with Crippen LogP contribution >= 0.6 is 0 Å². The zero-order valence-electron chi connectivity index (χ0n) is 12.3. The Bertz CT molecular complexity index is 625. The van der Waals surface area contributed by atoms with Crippen LogP contribution in [0.4, 0.5) is 0 Å². The summed E-state index contributed by atoms with van der Waals surface area (Å²) in [6.07, 6.45) is 2.82. The van der Waals surface area contributed by atoms with Gasteiger partial charge in [0, 0.05) is 24.8 Å². The van der Waals surface area contributed by atoms with Gasteiger partial charge < -0.3 is 15.4 Å². The van der Waals surface area contributed by atoms with E-state index in [-0.39, 0.29) is 12.0 Å². The molecule has 1 aliphatic rings. The first-order valence-electron chi connectivity index (χ1n) is 7.47. The molecule has 2 heterocycles. The van der Waals surface area contributed by atoms with Crippen LogP contribution in [0.1, 0.15) is 22.5 Å². The molecular formula is C17H19N3O2. The van der Waals surface area contributed by atoms with E-state index in [4.69, 9.17) is 4.74 Å². The summed E-state index contributed by atoms with van der Waals surface area (Å²) in [6, 6.07) is 13.1. The van der Waals surface area contributed by atoms with Gasteiger partial charge in [-0.1, -0.05) is 24.3 Å². The first kappa shape index (κ1) is 14.5. The number of hydrogen-bond acceptors (Lipinski definition) is 4. The fourth-order valence-corrected chi connectivity index (χ4v) is 2.44. The molecule has 0 radical (unpaired) electrons. The normalized spacial score (nSPS) is 17.2. The second kappa shape index (κ2) is 7.04. The molecule has 1 atom stereocenters. The summed E-state index contributed by atoms with van der Waals surface area (Å²) in [5.74, 6) is 0.649. The summed E-state index contributed by atoms with van der Waals surface area (Å²) in [4.78, 5) is 16.1. The Balaban J connectivity index is 1.63. The number of nitrogens with zero attached hydrogens (tertiary/aromatic N) is 1. The van der Waals surface area contributed by atoms with E-state index in [1.807, 2.05) is 24.3 Å². The van der Waals surface area contributed by atoms with Crippen molar-refractivity contribution in [3.63, 3.8) is 0 Å². The van der Waals surface area contributed by atoms with Gasteiger partial charge in [0.05, 0.1) is 0 Å². The summed E-state index contributed by atoms with van der Waals surface area (Å²) in [5, 5.41) is 6.16. The van der Waals surface area contributed by atoms with Crippen molar-refractivity contribution in [2.45, 2.75) is 19.1 Å². The van der Waals surface area contributed by atoms with E-state index in [0.29, 0.717) is 12.2 Å². The quantitative estimate of drug-likeness (QED) is 0.882. The summed E-state index contributed by atoms with van der Waals surface area (Å²) in [5.41, 5.74) is 1.39. The van der Waals surface area contributed by atoms with Crippen molar-refractivity contribution in [2.24, 2.45) is 0 Å². The van der Waals surface area contributed by atoms with Gasteiger partial charge in [0.2, 0.25) is 0 Å². The lowest BCUT2D eigenvalue weighted by Crippen LogP contribution is -2.25. The van der Waals surface area contributed by atoms with Gasteiger partial charge in [-0.25, -0.2) is 0 Å². The lowest BCUT2D eigenvalue weighted by molar-refractivity contribution is 0.0945. The smallest absolute Gasteiger partial charge is 0.270 e. The maximum atomic E-state index is 12.0. The molecule has 1 amide bonds. The van der Waals surface area contributed by atoms with Crippen LogP contribution in [0.25, 0.3) is 0 Å². The Morgan fingerprint density at radius 3 is 2.91 bits per heavy atom. The number of pyridine rings is 1. The molecule has 0 spiro atoms. The topological polar surface area (TPSA) is 63.2 Å². The number of carbonyl (C=O) groups is 1. The van der Waals surface area contributed by atoms with Crippen LogP contribution in [0.15, 0.2) is 48.7 Å². The second-order valence-electron chi connectivity index (χ2n) is 5.24. The monoisotopic (exact) mass is 297 g/mol. The molecule has 1 fully saturated rings. The molecule has 2 N–H and O–H groups in total. The number of amides is 1. The van der Waals surface area contributed by atoms with E-state index >= 15 is 0 Å². The van der Waals surface area contributed by atoms with Crippen LogP contribution in [0.2, 0.25) is 0 Å². The van der Waals surface area contributed by atoms with Crippen molar-refractivity contribution in [3.8, 4) is 5.75 Å². The van der Waals surface area contributed by atoms with Crippen LogP contribution in [-0.4, -0.2) is 30.1 Å². The van der Waals surface area contributed by atoms with Gasteiger partial charge in [-0.2, -0.15) is 0 Å². The molecule has 1 aromatic carbocycles. The molecule has 0 saturated carbocycles. The maximum Gasteiger partial charge on any atom is 0.270 e. The zero-order chi connectivity index (χ0) is 15.2. The van der Waals surface area contributed by atoms with Crippen molar-refractivity contribution in [1.29, 1.82) is 0 Å². The highest BCUT2D eigenvalue weighted by Gasteiger charge is 2.17. The zero-order valence-corrected chi connectivity index (χ0v) is 12.3. The molecule has 1 unspecified atom stereocenters. The number of carbonyl (C=O) groups excluding carboxylic acids is 1. The average molecular weight is 297 g/mol. The molecule has 5 nitrogen and oxygen atoms in total. The third-order valence-electron chi connectivity index (χ3n) is 3.62. The molecule has 0 aliphatic carbocycles. The predicted octanol–water partition coefficient (Wildman–Crippen LogP) is 1.75. The van der Waals surface area contributed by atoms with Crippen LogP contribution < -0.4 is 15.4 Å². The Labute approximate surface area is 129 Å². The molecule has 0 bridgehead atoms. The fraction of sp³-hybridized carbons (Fsp3) is 0.294. The molecule has 114 valence electrons. The molecule has 3 rings (SSSR count). The van der Waals surface area contributed by atoms with Crippen LogP contribution in [0.3, 0.4) is 0 Å². The Morgan fingerprint density at radius 2 is 2.14 bits per heavy atom. The predicted molar refractivity (Wildman–Crippen MR) is 83.8 cm³/mol. The minimum Gasteiger partial charge on any atom is -0.489 e. The van der Waals surface area contributed by atoms with E-state index in [1.54, 1.807) is 24.4 Å². The maximum absolute atomic E-state index is 12.0. The highest BCUT2D eigenvalue weighted by Crippen LogP contribution is 2.21. The number of para-hydroxylation sites is 1. The number of nitrogens with one attached hydrogen (secondary N) is 2. The molecule has 1 aliphatic heterocycles. The van der Waals surface area contributed by atoms with Crippen molar-refractivity contribution >= 4 is 5.91 Å². The number of benzene rings is 1. The molecular weight excluding hydrogens is 278 g/mol. The van der Waals surface area contributed by atoms with E-state index in [2.05, 4.69) is 15.6 Å². The first-order chi connectivity index (χ1) is 10.8. The van der Waals surface area contributed by atoms with Crippen molar-refractivity contribution in [3.05, 3.63) is 59.9 Å². The van der Waals surface area contributed by atoms with Gasteiger partial charge in [-0.3, -0.25) is 9.78 Å². The summed E-state index contributed by atoms with van der Waals surface area (Å²) >= 11 is 0. The van der Waals surface area contributed by atoms with E-state index < -0.39 is 0 Å². The molecule has 22 heavy (non-hydrogen) atoms. The number of hydrogen-bond donors (Lipinski definition) is 2. The van der Waals surface area contributed by atoms with E-state index in [0.717, 1.165) is 30.8 Å². The van der Waals surface area contributed by atoms with Crippen LogP contribution in [-0.2, 0) is 6.54 Å². The third kappa shape index (κ3) is 3.62. The number of rotatable bonds is 5. The SMILES string of the molecule is O=C(NCc1ccccc1OC1CCNC1)c1ccccn1. The van der Waals surface area contributed by atoms with Gasteiger partial charge in [-0.15, -0.1) is 0 Å². The van der Waals surface area contributed by atoms with Gasteiger partial charge in [0.25, 0.3) is 5.91 Å². The average Bonchev–Trinajstić information content (AvgIpc) is 3.07.